The zero-order valence-corrected chi connectivity index (χ0v) is 8.88. The van der Waals surface area contributed by atoms with Gasteiger partial charge in [-0.05, 0) is 37.8 Å². The third kappa shape index (κ3) is 1.95. The van der Waals surface area contributed by atoms with Crippen LogP contribution < -0.4 is 0 Å². The molecule has 14 heavy (non-hydrogen) atoms. The summed E-state index contributed by atoms with van der Waals surface area (Å²) >= 11 is 0. The van der Waals surface area contributed by atoms with E-state index >= 15 is 0 Å². The van der Waals surface area contributed by atoms with E-state index in [1.165, 1.54) is 35.1 Å². The molecule has 0 fully saturated rings. The van der Waals surface area contributed by atoms with Gasteiger partial charge in [0.2, 0.25) is 0 Å². The van der Waals surface area contributed by atoms with Gasteiger partial charge in [-0.1, -0.05) is 47.6 Å². The van der Waals surface area contributed by atoms with Crippen molar-refractivity contribution in [3.05, 3.63) is 53.1 Å². The van der Waals surface area contributed by atoms with E-state index in [0.717, 1.165) is 0 Å². The Bertz CT molecular complexity index is 377. The predicted molar refractivity (Wildman–Crippen MR) is 62.1 cm³/mol. The van der Waals surface area contributed by atoms with Gasteiger partial charge in [0.1, 0.15) is 0 Å². The fraction of sp³-hybridized carbons (Fsp3) is 0.286. The Morgan fingerprint density at radius 3 is 2.36 bits per heavy atom. The molecule has 0 radical (unpaired) electrons. The first kappa shape index (κ1) is 9.26. The van der Waals surface area contributed by atoms with Gasteiger partial charge in [-0.2, -0.15) is 0 Å². The topological polar surface area (TPSA) is 0 Å². The summed E-state index contributed by atoms with van der Waals surface area (Å²) in [5, 5.41) is 0. The SMILES string of the molecule is CC1=CC(c2ccc(C)cc2)=CCC1. The van der Waals surface area contributed by atoms with Gasteiger partial charge in [0, 0.05) is 0 Å². The van der Waals surface area contributed by atoms with E-state index in [0.29, 0.717) is 0 Å². The normalized spacial score (nSPS) is 16.1. The zero-order valence-electron chi connectivity index (χ0n) is 8.88. The summed E-state index contributed by atoms with van der Waals surface area (Å²) in [6.45, 7) is 4.33. The van der Waals surface area contributed by atoms with E-state index in [2.05, 4.69) is 50.3 Å². The van der Waals surface area contributed by atoms with Crippen molar-refractivity contribution in [1.29, 1.82) is 0 Å². The van der Waals surface area contributed by atoms with Crippen LogP contribution in [0.5, 0.6) is 0 Å². The van der Waals surface area contributed by atoms with Crippen LogP contribution in [-0.4, -0.2) is 0 Å². The lowest BCUT2D eigenvalue weighted by Crippen LogP contribution is -1.89. The molecule has 0 saturated carbocycles. The Morgan fingerprint density at radius 1 is 1.00 bits per heavy atom. The van der Waals surface area contributed by atoms with Gasteiger partial charge in [-0.3, -0.25) is 0 Å². The van der Waals surface area contributed by atoms with Crippen LogP contribution in [0.2, 0.25) is 0 Å². The molecule has 0 heteroatoms. The van der Waals surface area contributed by atoms with Gasteiger partial charge in [0.05, 0.1) is 0 Å². The first-order valence-electron chi connectivity index (χ1n) is 5.20. The maximum atomic E-state index is 2.33. The number of allylic oxidation sites excluding steroid dienone is 4. The third-order valence-electron chi connectivity index (χ3n) is 2.69. The first-order valence-corrected chi connectivity index (χ1v) is 5.20. The molecule has 1 aromatic carbocycles. The van der Waals surface area contributed by atoms with Crippen LogP contribution in [-0.2, 0) is 0 Å². The highest BCUT2D eigenvalue weighted by atomic mass is 14.1. The summed E-state index contributed by atoms with van der Waals surface area (Å²) in [6, 6.07) is 8.76. The quantitative estimate of drug-likeness (QED) is 0.616. The number of rotatable bonds is 1. The maximum Gasteiger partial charge on any atom is -0.0187 e. The lowest BCUT2D eigenvalue weighted by molar-refractivity contribution is 0.966. The van der Waals surface area contributed by atoms with Crippen molar-refractivity contribution in [1.82, 2.24) is 0 Å². The molecule has 0 N–H and O–H groups in total. The molecule has 0 nitrogen and oxygen atoms in total. The van der Waals surface area contributed by atoms with Crippen LogP contribution in [0.15, 0.2) is 42.0 Å². The van der Waals surface area contributed by atoms with E-state index in [1.54, 1.807) is 0 Å². The van der Waals surface area contributed by atoms with Crippen molar-refractivity contribution in [2.45, 2.75) is 26.7 Å². The Balaban J connectivity index is 2.32. The van der Waals surface area contributed by atoms with Gasteiger partial charge in [-0.25, -0.2) is 0 Å². The van der Waals surface area contributed by atoms with Gasteiger partial charge >= 0.3 is 0 Å². The molecule has 0 aromatic heterocycles. The van der Waals surface area contributed by atoms with Gasteiger partial charge in [-0.15, -0.1) is 0 Å². The minimum absolute atomic E-state index is 1.19. The van der Waals surface area contributed by atoms with Crippen molar-refractivity contribution in [3.63, 3.8) is 0 Å². The molecule has 0 amide bonds. The monoisotopic (exact) mass is 184 g/mol. The van der Waals surface area contributed by atoms with Crippen molar-refractivity contribution in [3.8, 4) is 0 Å². The molecule has 1 aliphatic rings. The molecule has 0 bridgehead atoms. The predicted octanol–water partition coefficient (Wildman–Crippen LogP) is 4.12. The van der Waals surface area contributed by atoms with E-state index in [9.17, 15) is 0 Å². The summed E-state index contributed by atoms with van der Waals surface area (Å²) in [5.41, 5.74) is 5.54. The second kappa shape index (κ2) is 3.83. The average Bonchev–Trinajstić information content (AvgIpc) is 2.19. The van der Waals surface area contributed by atoms with E-state index in [4.69, 9.17) is 0 Å². The minimum Gasteiger partial charge on any atom is -0.0763 e. The number of hydrogen-bond acceptors (Lipinski definition) is 0. The van der Waals surface area contributed by atoms with Gasteiger partial charge < -0.3 is 0 Å². The van der Waals surface area contributed by atoms with Crippen LogP contribution in [0.1, 0.15) is 30.9 Å². The first-order chi connectivity index (χ1) is 6.75. The summed E-state index contributed by atoms with van der Waals surface area (Å²) in [4.78, 5) is 0. The fourth-order valence-electron chi connectivity index (χ4n) is 1.80. The molecule has 1 aliphatic carbocycles. The van der Waals surface area contributed by atoms with Crippen LogP contribution >= 0.6 is 0 Å². The molecule has 0 aliphatic heterocycles. The van der Waals surface area contributed by atoms with Gasteiger partial charge in [0.25, 0.3) is 0 Å². The highest BCUT2D eigenvalue weighted by Crippen LogP contribution is 2.24. The maximum absolute atomic E-state index is 2.33. The molecule has 0 saturated heterocycles. The summed E-state index contributed by atoms with van der Waals surface area (Å²) in [5.74, 6) is 0. The second-order valence-corrected chi connectivity index (χ2v) is 4.05. The highest BCUT2D eigenvalue weighted by Gasteiger charge is 2.03. The zero-order chi connectivity index (χ0) is 9.97. The molecule has 0 unspecified atom stereocenters. The van der Waals surface area contributed by atoms with E-state index in [1.807, 2.05) is 0 Å². The number of benzene rings is 1. The summed E-state index contributed by atoms with van der Waals surface area (Å²) in [7, 11) is 0. The van der Waals surface area contributed by atoms with Crippen molar-refractivity contribution >= 4 is 5.57 Å². The summed E-state index contributed by atoms with van der Waals surface area (Å²) in [6.07, 6.45) is 7.03. The molecular weight excluding hydrogens is 168 g/mol. The number of hydrogen-bond donors (Lipinski definition) is 0. The molecule has 0 spiro atoms. The van der Waals surface area contributed by atoms with E-state index in [-0.39, 0.29) is 0 Å². The van der Waals surface area contributed by atoms with Crippen molar-refractivity contribution in [2.24, 2.45) is 0 Å². The Morgan fingerprint density at radius 2 is 1.71 bits per heavy atom. The smallest absolute Gasteiger partial charge is 0.0187 e. The Hall–Kier alpha value is -1.30. The third-order valence-corrected chi connectivity index (χ3v) is 2.69. The molecule has 0 atom stereocenters. The molecule has 0 heterocycles. The molecule has 72 valence electrons. The molecule has 2 rings (SSSR count). The average molecular weight is 184 g/mol. The van der Waals surface area contributed by atoms with Crippen LogP contribution in [0, 0.1) is 6.92 Å². The van der Waals surface area contributed by atoms with Crippen molar-refractivity contribution < 1.29 is 0 Å². The Kier molecular flexibility index (Phi) is 2.53. The summed E-state index contributed by atoms with van der Waals surface area (Å²) < 4.78 is 0. The fourth-order valence-corrected chi connectivity index (χ4v) is 1.80. The van der Waals surface area contributed by atoms with Crippen LogP contribution in [0.4, 0.5) is 0 Å². The lowest BCUT2D eigenvalue weighted by Gasteiger charge is -2.10. The molecular formula is C14H16. The van der Waals surface area contributed by atoms with E-state index < -0.39 is 0 Å². The van der Waals surface area contributed by atoms with Crippen LogP contribution in [0.3, 0.4) is 0 Å². The minimum atomic E-state index is 1.19. The highest BCUT2D eigenvalue weighted by molar-refractivity contribution is 5.75. The molecule has 1 aromatic rings. The largest absolute Gasteiger partial charge is 0.0763 e. The van der Waals surface area contributed by atoms with Crippen molar-refractivity contribution in [2.75, 3.05) is 0 Å². The lowest BCUT2D eigenvalue weighted by atomic mass is 9.95. The Labute approximate surface area is 86.0 Å². The second-order valence-electron chi connectivity index (χ2n) is 4.05. The standard InChI is InChI=1S/C14H16/c1-11-6-8-13(9-7-11)14-5-3-4-12(2)10-14/h5-10H,3-4H2,1-2H3. The number of aryl methyl sites for hydroxylation is 1. The van der Waals surface area contributed by atoms with Crippen LogP contribution in [0.25, 0.3) is 5.57 Å². The van der Waals surface area contributed by atoms with Gasteiger partial charge in [0.15, 0.2) is 0 Å².